The predicted molar refractivity (Wildman–Crippen MR) is 64.7 cm³/mol. The molecule has 0 fully saturated rings. The zero-order valence-electron chi connectivity index (χ0n) is 10.9. The molecule has 0 aliphatic carbocycles. The van der Waals surface area contributed by atoms with E-state index in [-0.39, 0.29) is 18.1 Å². The van der Waals surface area contributed by atoms with Crippen molar-refractivity contribution in [1.29, 1.82) is 0 Å². The lowest BCUT2D eigenvalue weighted by molar-refractivity contribution is 0.0256. The van der Waals surface area contributed by atoms with E-state index in [0.717, 1.165) is 12.8 Å². The Morgan fingerprint density at radius 1 is 0.800 bits per heavy atom. The van der Waals surface area contributed by atoms with Gasteiger partial charge in [-0.3, -0.25) is 0 Å². The minimum Gasteiger partial charge on any atom is -0.393 e. The van der Waals surface area contributed by atoms with Crippen LogP contribution in [0.2, 0.25) is 0 Å². The van der Waals surface area contributed by atoms with Crippen LogP contribution in [-0.2, 0) is 0 Å². The molecular formula is C13H28O2. The number of hydrogen-bond acceptors (Lipinski definition) is 2. The van der Waals surface area contributed by atoms with Crippen molar-refractivity contribution in [3.63, 3.8) is 0 Å². The maximum atomic E-state index is 9.89. The highest BCUT2D eigenvalue weighted by molar-refractivity contribution is 4.71. The summed E-state index contributed by atoms with van der Waals surface area (Å²) in [5, 5.41) is 19.6. The molecule has 15 heavy (non-hydrogen) atoms. The average molecular weight is 216 g/mol. The van der Waals surface area contributed by atoms with Crippen LogP contribution in [0, 0.1) is 17.8 Å². The van der Waals surface area contributed by atoms with Crippen LogP contribution in [0.1, 0.15) is 53.9 Å². The Labute approximate surface area is 94.7 Å². The Bertz CT molecular complexity index is 155. The van der Waals surface area contributed by atoms with E-state index in [1.807, 2.05) is 13.8 Å². The van der Waals surface area contributed by atoms with Gasteiger partial charge in [-0.2, -0.15) is 0 Å². The van der Waals surface area contributed by atoms with E-state index in [0.29, 0.717) is 18.3 Å². The molecule has 0 spiro atoms. The molecule has 0 rings (SSSR count). The molecule has 0 aromatic heterocycles. The summed E-state index contributed by atoms with van der Waals surface area (Å²) in [4.78, 5) is 0. The molecule has 92 valence electrons. The van der Waals surface area contributed by atoms with Gasteiger partial charge in [0.25, 0.3) is 0 Å². The van der Waals surface area contributed by atoms with Crippen LogP contribution in [0.25, 0.3) is 0 Å². The molecule has 0 aromatic rings. The number of hydrogen-bond donors (Lipinski definition) is 2. The molecule has 0 aliphatic rings. The van der Waals surface area contributed by atoms with Crippen molar-refractivity contribution in [2.45, 2.75) is 66.1 Å². The van der Waals surface area contributed by atoms with Crippen LogP contribution in [0.4, 0.5) is 0 Å². The van der Waals surface area contributed by atoms with Crippen LogP contribution < -0.4 is 0 Å². The Balaban J connectivity index is 3.82. The Hall–Kier alpha value is -0.0800. The minimum absolute atomic E-state index is 0.233. The summed E-state index contributed by atoms with van der Waals surface area (Å²) < 4.78 is 0. The monoisotopic (exact) mass is 216 g/mol. The van der Waals surface area contributed by atoms with Crippen LogP contribution in [0.15, 0.2) is 0 Å². The van der Waals surface area contributed by atoms with Gasteiger partial charge in [-0.25, -0.2) is 0 Å². The van der Waals surface area contributed by atoms with Crippen LogP contribution in [-0.4, -0.2) is 22.4 Å². The van der Waals surface area contributed by atoms with Gasteiger partial charge in [0.1, 0.15) is 0 Å². The lowest BCUT2D eigenvalue weighted by Crippen LogP contribution is -2.27. The molecule has 0 amide bonds. The van der Waals surface area contributed by atoms with Crippen molar-refractivity contribution < 1.29 is 10.2 Å². The third kappa shape index (κ3) is 6.91. The summed E-state index contributed by atoms with van der Waals surface area (Å²) in [5.41, 5.74) is 0. The molecule has 2 nitrogen and oxygen atoms in total. The van der Waals surface area contributed by atoms with Crippen LogP contribution in [0.3, 0.4) is 0 Å². The third-order valence-electron chi connectivity index (χ3n) is 3.11. The number of aliphatic hydroxyl groups is 2. The standard InChI is InChI=1S/C13H28O2/c1-9(2)6-7-11(5)13(15)8-12(14)10(3)4/h9-15H,6-8H2,1-5H3. The van der Waals surface area contributed by atoms with Crippen molar-refractivity contribution in [2.75, 3.05) is 0 Å². The largest absolute Gasteiger partial charge is 0.393 e. The fourth-order valence-electron chi connectivity index (χ4n) is 1.54. The molecule has 2 heteroatoms. The van der Waals surface area contributed by atoms with E-state index in [2.05, 4.69) is 20.8 Å². The molecule has 0 heterocycles. The van der Waals surface area contributed by atoms with E-state index < -0.39 is 0 Å². The fourth-order valence-corrected chi connectivity index (χ4v) is 1.54. The second kappa shape index (κ2) is 7.24. The van der Waals surface area contributed by atoms with Gasteiger partial charge in [-0.15, -0.1) is 0 Å². The normalized spacial score (nSPS) is 18.2. The van der Waals surface area contributed by atoms with Crippen molar-refractivity contribution >= 4 is 0 Å². The lowest BCUT2D eigenvalue weighted by Gasteiger charge is -2.23. The summed E-state index contributed by atoms with van der Waals surface area (Å²) in [7, 11) is 0. The Kier molecular flexibility index (Phi) is 7.20. The molecule has 2 N–H and O–H groups in total. The van der Waals surface area contributed by atoms with E-state index in [4.69, 9.17) is 0 Å². The van der Waals surface area contributed by atoms with Crippen molar-refractivity contribution in [1.82, 2.24) is 0 Å². The highest BCUT2D eigenvalue weighted by Gasteiger charge is 2.20. The number of aliphatic hydroxyl groups excluding tert-OH is 2. The fraction of sp³-hybridized carbons (Fsp3) is 1.00. The van der Waals surface area contributed by atoms with Gasteiger partial charge in [0.2, 0.25) is 0 Å². The number of rotatable bonds is 7. The topological polar surface area (TPSA) is 40.5 Å². The van der Waals surface area contributed by atoms with E-state index in [9.17, 15) is 10.2 Å². The molecule has 3 unspecified atom stereocenters. The van der Waals surface area contributed by atoms with Gasteiger partial charge in [0.05, 0.1) is 12.2 Å². The predicted octanol–water partition coefficient (Wildman–Crippen LogP) is 2.83. The summed E-state index contributed by atoms with van der Waals surface area (Å²) in [6.07, 6.45) is 1.97. The van der Waals surface area contributed by atoms with E-state index in [1.54, 1.807) is 0 Å². The summed E-state index contributed by atoms with van der Waals surface area (Å²) in [6, 6.07) is 0. The second-order valence-corrected chi connectivity index (χ2v) is 5.56. The zero-order chi connectivity index (χ0) is 12.0. The first-order valence-corrected chi connectivity index (χ1v) is 6.20. The second-order valence-electron chi connectivity index (χ2n) is 5.56. The first-order chi connectivity index (χ1) is 6.84. The van der Waals surface area contributed by atoms with Crippen LogP contribution >= 0.6 is 0 Å². The highest BCUT2D eigenvalue weighted by atomic mass is 16.3. The quantitative estimate of drug-likeness (QED) is 0.687. The summed E-state index contributed by atoms with van der Waals surface area (Å²) in [6.45, 7) is 10.4. The van der Waals surface area contributed by atoms with E-state index >= 15 is 0 Å². The first kappa shape index (κ1) is 14.9. The maximum Gasteiger partial charge on any atom is 0.0590 e. The van der Waals surface area contributed by atoms with Crippen molar-refractivity contribution in [3.8, 4) is 0 Å². The average Bonchev–Trinajstić information content (AvgIpc) is 2.13. The van der Waals surface area contributed by atoms with Gasteiger partial charge in [-0.1, -0.05) is 41.0 Å². The molecule has 0 aliphatic heterocycles. The lowest BCUT2D eigenvalue weighted by atomic mass is 9.90. The SMILES string of the molecule is CC(C)CCC(C)C(O)CC(O)C(C)C. The molecule has 0 saturated carbocycles. The van der Waals surface area contributed by atoms with Gasteiger partial charge in [0, 0.05) is 0 Å². The molecular weight excluding hydrogens is 188 g/mol. The van der Waals surface area contributed by atoms with Gasteiger partial charge in [0.15, 0.2) is 0 Å². The van der Waals surface area contributed by atoms with Crippen molar-refractivity contribution in [2.24, 2.45) is 17.8 Å². The minimum atomic E-state index is -0.374. The van der Waals surface area contributed by atoms with E-state index in [1.165, 1.54) is 0 Å². The molecule has 0 bridgehead atoms. The summed E-state index contributed by atoms with van der Waals surface area (Å²) in [5.74, 6) is 1.22. The molecule has 0 radical (unpaired) electrons. The summed E-state index contributed by atoms with van der Waals surface area (Å²) >= 11 is 0. The zero-order valence-corrected chi connectivity index (χ0v) is 10.9. The van der Waals surface area contributed by atoms with Gasteiger partial charge < -0.3 is 10.2 Å². The Morgan fingerprint density at radius 2 is 1.33 bits per heavy atom. The first-order valence-electron chi connectivity index (χ1n) is 6.20. The molecule has 3 atom stereocenters. The third-order valence-corrected chi connectivity index (χ3v) is 3.11. The van der Waals surface area contributed by atoms with Crippen LogP contribution in [0.5, 0.6) is 0 Å². The van der Waals surface area contributed by atoms with Crippen molar-refractivity contribution in [3.05, 3.63) is 0 Å². The van der Waals surface area contributed by atoms with Gasteiger partial charge in [-0.05, 0) is 30.6 Å². The Morgan fingerprint density at radius 3 is 1.73 bits per heavy atom. The van der Waals surface area contributed by atoms with Gasteiger partial charge >= 0.3 is 0 Å². The smallest absolute Gasteiger partial charge is 0.0590 e. The molecule has 0 aromatic carbocycles. The highest BCUT2D eigenvalue weighted by Crippen LogP contribution is 2.20. The maximum absolute atomic E-state index is 9.89. The molecule has 0 saturated heterocycles.